The molecule has 1 N–H and O–H groups in total. The maximum Gasteiger partial charge on any atom is 0.269 e. The number of anilines is 1. The summed E-state index contributed by atoms with van der Waals surface area (Å²) in [5.41, 5.74) is 1.43. The van der Waals surface area contributed by atoms with Crippen LogP contribution in [0.1, 0.15) is 11.6 Å². The second kappa shape index (κ2) is 9.77. The fourth-order valence-corrected chi connectivity index (χ4v) is 4.89. The number of fused-ring (bicyclic) bond motifs is 1. The number of nitrogens with one attached hydrogen (secondary N) is 1. The minimum atomic E-state index is -0.689. The summed E-state index contributed by atoms with van der Waals surface area (Å²) in [4.78, 5) is 26.7. The van der Waals surface area contributed by atoms with Gasteiger partial charge in [-0.05, 0) is 42.0 Å². The zero-order chi connectivity index (χ0) is 23.3. The van der Waals surface area contributed by atoms with Gasteiger partial charge in [0.1, 0.15) is 17.5 Å². The van der Waals surface area contributed by atoms with Crippen molar-refractivity contribution in [1.82, 2.24) is 3.96 Å². The Kier molecular flexibility index (Phi) is 6.23. The number of hydrogen-bond acceptors (Lipinski definition) is 4. The molecule has 0 spiro atoms. The number of nitrogens with zero attached hydrogens (tertiary/aromatic N) is 1. The van der Waals surface area contributed by atoms with Crippen molar-refractivity contribution in [3.8, 4) is 11.5 Å². The van der Waals surface area contributed by atoms with E-state index in [4.69, 9.17) is 4.74 Å². The van der Waals surface area contributed by atoms with Crippen LogP contribution < -0.4 is 15.6 Å². The topological polar surface area (TPSA) is 60.3 Å². The number of carbonyl (C=O) groups is 1. The lowest BCUT2D eigenvalue weighted by Crippen LogP contribution is -2.31. The molecule has 6 heteroatoms. The van der Waals surface area contributed by atoms with E-state index in [9.17, 15) is 9.59 Å². The lowest BCUT2D eigenvalue weighted by Gasteiger charge is -2.18. The molecule has 1 heterocycles. The Morgan fingerprint density at radius 1 is 0.824 bits per heavy atom. The van der Waals surface area contributed by atoms with E-state index >= 15 is 0 Å². The van der Waals surface area contributed by atoms with Crippen LogP contribution in [-0.2, 0) is 11.2 Å². The monoisotopic (exact) mass is 466 g/mol. The zero-order valence-corrected chi connectivity index (χ0v) is 19.1. The smallest absolute Gasteiger partial charge is 0.269 e. The van der Waals surface area contributed by atoms with Crippen molar-refractivity contribution < 1.29 is 9.53 Å². The molecule has 4 aromatic carbocycles. The molecular weight excluding hydrogens is 444 g/mol. The first-order valence-electron chi connectivity index (χ1n) is 11.0. The van der Waals surface area contributed by atoms with Crippen LogP contribution in [0.25, 0.3) is 10.1 Å². The largest absolute Gasteiger partial charge is 0.457 e. The summed E-state index contributed by atoms with van der Waals surface area (Å²) in [6.45, 7) is 0. The summed E-state index contributed by atoms with van der Waals surface area (Å²) in [6.07, 6.45) is 0.402. The van der Waals surface area contributed by atoms with E-state index in [1.807, 2.05) is 97.1 Å². The van der Waals surface area contributed by atoms with Gasteiger partial charge >= 0.3 is 0 Å². The number of rotatable bonds is 7. The van der Waals surface area contributed by atoms with Crippen LogP contribution in [-0.4, -0.2) is 9.86 Å². The van der Waals surface area contributed by atoms with Crippen molar-refractivity contribution in [3.05, 3.63) is 125 Å². The lowest BCUT2D eigenvalue weighted by molar-refractivity contribution is -0.119. The van der Waals surface area contributed by atoms with Crippen LogP contribution in [0.5, 0.6) is 11.5 Å². The number of aromatic nitrogens is 1. The Labute approximate surface area is 201 Å². The molecule has 0 aliphatic heterocycles. The molecule has 34 heavy (non-hydrogen) atoms. The van der Waals surface area contributed by atoms with Gasteiger partial charge in [0, 0.05) is 18.2 Å². The zero-order valence-electron chi connectivity index (χ0n) is 18.3. The molecule has 1 aromatic heterocycles. The molecule has 5 aromatic rings. The summed E-state index contributed by atoms with van der Waals surface area (Å²) in [5.74, 6) is 1.07. The third kappa shape index (κ3) is 4.77. The summed E-state index contributed by atoms with van der Waals surface area (Å²) in [5, 5.41) is 3.61. The van der Waals surface area contributed by atoms with Crippen molar-refractivity contribution in [3.63, 3.8) is 0 Å². The molecular formula is C28H22N2O3S. The van der Waals surface area contributed by atoms with E-state index in [0.29, 0.717) is 29.0 Å². The highest BCUT2D eigenvalue weighted by Gasteiger charge is 2.25. The maximum absolute atomic E-state index is 13.5. The van der Waals surface area contributed by atoms with Crippen LogP contribution in [0.15, 0.2) is 114 Å². The number of benzene rings is 4. The van der Waals surface area contributed by atoms with Crippen LogP contribution >= 0.6 is 11.5 Å². The average molecular weight is 467 g/mol. The Balaban J connectivity index is 1.44. The summed E-state index contributed by atoms with van der Waals surface area (Å²) in [6, 6.07) is 33.2. The molecule has 0 aliphatic carbocycles. The van der Waals surface area contributed by atoms with Crippen LogP contribution in [0, 0.1) is 0 Å². The van der Waals surface area contributed by atoms with E-state index < -0.39 is 6.04 Å². The fraction of sp³-hybridized carbons (Fsp3) is 0.0714. The second-order valence-electron chi connectivity index (χ2n) is 7.86. The van der Waals surface area contributed by atoms with Gasteiger partial charge in [-0.25, -0.2) is 0 Å². The van der Waals surface area contributed by atoms with Crippen molar-refractivity contribution in [2.24, 2.45) is 0 Å². The maximum atomic E-state index is 13.5. The van der Waals surface area contributed by atoms with Gasteiger partial charge in [-0.15, -0.1) is 0 Å². The number of hydrogen-bond donors (Lipinski definition) is 1. The molecule has 0 radical (unpaired) electrons. The molecule has 0 saturated carbocycles. The van der Waals surface area contributed by atoms with Gasteiger partial charge in [-0.3, -0.25) is 13.5 Å². The molecule has 0 saturated heterocycles. The Bertz CT molecular complexity index is 1480. The standard InChI is InChI=1S/C28H22N2O3S/c31-27(29-21-12-9-15-23(19-21)33-22-13-5-2-6-14-22)25(18-20-10-3-1-4-11-20)30-28(32)24-16-7-8-17-26(24)34-30/h1-17,19,25H,18H2,(H,29,31). The first-order chi connectivity index (χ1) is 16.7. The van der Waals surface area contributed by atoms with Crippen molar-refractivity contribution in [2.75, 3.05) is 5.32 Å². The molecule has 1 atom stereocenters. The van der Waals surface area contributed by atoms with Gasteiger partial charge in [0.15, 0.2) is 0 Å². The van der Waals surface area contributed by atoms with E-state index in [2.05, 4.69) is 5.32 Å². The Morgan fingerprint density at radius 3 is 2.26 bits per heavy atom. The van der Waals surface area contributed by atoms with Gasteiger partial charge in [0.25, 0.3) is 5.56 Å². The van der Waals surface area contributed by atoms with Crippen molar-refractivity contribution in [2.45, 2.75) is 12.5 Å². The summed E-state index contributed by atoms with van der Waals surface area (Å²) < 4.78 is 8.33. The highest BCUT2D eigenvalue weighted by molar-refractivity contribution is 7.14. The molecule has 168 valence electrons. The Hall–Kier alpha value is -4.16. The van der Waals surface area contributed by atoms with E-state index in [0.717, 1.165) is 10.3 Å². The van der Waals surface area contributed by atoms with Gasteiger partial charge in [0.05, 0.1) is 10.1 Å². The minimum absolute atomic E-state index is 0.155. The number of para-hydroxylation sites is 1. The van der Waals surface area contributed by atoms with E-state index in [1.165, 1.54) is 11.5 Å². The summed E-state index contributed by atoms with van der Waals surface area (Å²) >= 11 is 1.31. The molecule has 5 nitrogen and oxygen atoms in total. The predicted octanol–water partition coefficient (Wildman–Crippen LogP) is 6.28. The van der Waals surface area contributed by atoms with Crippen LogP contribution in [0.3, 0.4) is 0 Å². The predicted molar refractivity (Wildman–Crippen MR) is 137 cm³/mol. The molecule has 0 fully saturated rings. The highest BCUT2D eigenvalue weighted by Crippen LogP contribution is 2.26. The quantitative estimate of drug-likeness (QED) is 0.307. The average Bonchev–Trinajstić information content (AvgIpc) is 3.20. The van der Waals surface area contributed by atoms with Gasteiger partial charge in [0.2, 0.25) is 5.91 Å². The number of amides is 1. The highest BCUT2D eigenvalue weighted by atomic mass is 32.1. The van der Waals surface area contributed by atoms with E-state index in [-0.39, 0.29) is 11.5 Å². The van der Waals surface area contributed by atoms with Crippen LogP contribution in [0.2, 0.25) is 0 Å². The number of ether oxygens (including phenoxy) is 1. The summed E-state index contributed by atoms with van der Waals surface area (Å²) in [7, 11) is 0. The number of carbonyl (C=O) groups excluding carboxylic acids is 1. The van der Waals surface area contributed by atoms with E-state index in [1.54, 1.807) is 16.1 Å². The van der Waals surface area contributed by atoms with Gasteiger partial charge in [-0.2, -0.15) is 0 Å². The normalized spacial score (nSPS) is 11.8. The second-order valence-corrected chi connectivity index (χ2v) is 8.87. The van der Waals surface area contributed by atoms with Crippen molar-refractivity contribution >= 4 is 33.2 Å². The van der Waals surface area contributed by atoms with Gasteiger partial charge < -0.3 is 10.1 Å². The molecule has 1 amide bonds. The molecule has 0 aliphatic rings. The van der Waals surface area contributed by atoms with Gasteiger partial charge in [-0.1, -0.05) is 78.3 Å². The first kappa shape index (κ1) is 21.7. The first-order valence-corrected chi connectivity index (χ1v) is 11.7. The third-order valence-electron chi connectivity index (χ3n) is 5.45. The third-order valence-corrected chi connectivity index (χ3v) is 6.62. The molecule has 0 bridgehead atoms. The van der Waals surface area contributed by atoms with Crippen molar-refractivity contribution in [1.29, 1.82) is 0 Å². The lowest BCUT2D eigenvalue weighted by atomic mass is 10.1. The Morgan fingerprint density at radius 2 is 1.50 bits per heavy atom. The minimum Gasteiger partial charge on any atom is -0.457 e. The molecule has 1 unspecified atom stereocenters. The van der Waals surface area contributed by atoms with Crippen LogP contribution in [0.4, 0.5) is 5.69 Å². The SMILES string of the molecule is O=C(Nc1cccc(Oc2ccccc2)c1)C(Cc1ccccc1)n1sc2ccccc2c1=O. The molecule has 5 rings (SSSR count). The fourth-order valence-electron chi connectivity index (χ4n) is 3.80.